The lowest BCUT2D eigenvalue weighted by Crippen LogP contribution is -2.05. The summed E-state index contributed by atoms with van der Waals surface area (Å²) in [6.07, 6.45) is 3.21. The first-order valence-corrected chi connectivity index (χ1v) is 9.38. The van der Waals surface area contributed by atoms with Crippen LogP contribution in [0.4, 0.5) is 5.69 Å². The third kappa shape index (κ3) is 4.61. The number of nitrogens with one attached hydrogen (secondary N) is 1. The lowest BCUT2D eigenvalue weighted by Gasteiger charge is -2.14. The van der Waals surface area contributed by atoms with E-state index in [9.17, 15) is 4.79 Å². The summed E-state index contributed by atoms with van der Waals surface area (Å²) in [6.45, 7) is 0.801. The van der Waals surface area contributed by atoms with Crippen molar-refractivity contribution in [3.63, 3.8) is 0 Å². The summed E-state index contributed by atoms with van der Waals surface area (Å²) in [7, 11) is 3.08. The number of carbonyl (C=O) groups is 1. The van der Waals surface area contributed by atoms with Gasteiger partial charge in [0.05, 0.1) is 30.9 Å². The van der Waals surface area contributed by atoms with Crippen LogP contribution in [-0.4, -0.2) is 31.7 Å². The fraction of sp³-hybridized carbons (Fsp3) is 0.333. The molecule has 0 aliphatic rings. The largest absolute Gasteiger partial charge is 0.497 e. The van der Waals surface area contributed by atoms with Crippen LogP contribution in [0.5, 0.6) is 5.75 Å². The van der Waals surface area contributed by atoms with E-state index < -0.39 is 0 Å². The van der Waals surface area contributed by atoms with Gasteiger partial charge in [-0.2, -0.15) is 0 Å². The molecule has 6 heteroatoms. The van der Waals surface area contributed by atoms with Crippen molar-refractivity contribution in [2.75, 3.05) is 26.1 Å². The van der Waals surface area contributed by atoms with Gasteiger partial charge in [0, 0.05) is 28.8 Å². The summed E-state index contributed by atoms with van der Waals surface area (Å²) < 4.78 is 10.0. The summed E-state index contributed by atoms with van der Waals surface area (Å²) in [6, 6.07) is 11.6. The Hall–Kier alpha value is -2.53. The van der Waals surface area contributed by atoms with Gasteiger partial charge in [-0.05, 0) is 49.2 Å². The van der Waals surface area contributed by atoms with Crippen LogP contribution < -0.4 is 10.1 Å². The molecule has 1 N–H and O–H groups in total. The number of benzene rings is 2. The highest BCUT2D eigenvalue weighted by molar-refractivity contribution is 6.31. The van der Waals surface area contributed by atoms with Gasteiger partial charge >= 0.3 is 5.97 Å². The number of carbonyl (C=O) groups excluding carboxylic acids is 1. The van der Waals surface area contributed by atoms with Crippen LogP contribution in [0, 0.1) is 0 Å². The first kappa shape index (κ1) is 19.2. The average molecular weight is 387 g/mol. The van der Waals surface area contributed by atoms with Crippen LogP contribution in [0.15, 0.2) is 36.4 Å². The Kier molecular flexibility index (Phi) is 6.35. The first-order chi connectivity index (χ1) is 13.1. The predicted molar refractivity (Wildman–Crippen MR) is 110 cm³/mol. The van der Waals surface area contributed by atoms with Crippen LogP contribution in [0.25, 0.3) is 21.8 Å². The summed E-state index contributed by atoms with van der Waals surface area (Å²) in [5, 5.41) is 6.25. The van der Waals surface area contributed by atoms with E-state index in [4.69, 9.17) is 21.3 Å². The van der Waals surface area contributed by atoms with Crippen LogP contribution in [0.2, 0.25) is 5.02 Å². The van der Waals surface area contributed by atoms with Crippen molar-refractivity contribution in [3.8, 4) is 5.75 Å². The monoisotopic (exact) mass is 386 g/mol. The van der Waals surface area contributed by atoms with Gasteiger partial charge in [-0.25, -0.2) is 4.98 Å². The number of ether oxygens (including phenoxy) is 2. The predicted octanol–water partition coefficient (Wildman–Crippen LogP) is 5.20. The Morgan fingerprint density at radius 1 is 1.04 bits per heavy atom. The van der Waals surface area contributed by atoms with Crippen LogP contribution in [0.3, 0.4) is 0 Å². The number of fused-ring (bicyclic) bond motifs is 2. The second-order valence-corrected chi connectivity index (χ2v) is 6.78. The standard InChI is InChI=1S/C21H23ClN2O3/c1-26-15-8-10-18-17(13-15)21(16-9-7-14(22)12-19(16)24-18)23-11-5-3-4-6-20(25)27-2/h7-10,12-13H,3-6,11H2,1-2H3,(H,23,24). The molecule has 0 aliphatic heterocycles. The molecule has 0 radical (unpaired) electrons. The zero-order valence-corrected chi connectivity index (χ0v) is 16.3. The molecule has 2 aromatic carbocycles. The number of halogens is 1. The molecule has 0 atom stereocenters. The minimum absolute atomic E-state index is 0.155. The Labute approximate surface area is 163 Å². The highest BCUT2D eigenvalue weighted by atomic mass is 35.5. The molecule has 0 aliphatic carbocycles. The van der Waals surface area contributed by atoms with Crippen molar-refractivity contribution in [1.29, 1.82) is 0 Å². The molecule has 3 aromatic rings. The number of rotatable bonds is 8. The highest BCUT2D eigenvalue weighted by Gasteiger charge is 2.10. The molecule has 3 rings (SSSR count). The van der Waals surface area contributed by atoms with Crippen molar-refractivity contribution in [3.05, 3.63) is 41.4 Å². The van der Waals surface area contributed by atoms with E-state index in [1.54, 1.807) is 7.11 Å². The van der Waals surface area contributed by atoms with Gasteiger partial charge in [0.25, 0.3) is 0 Å². The summed E-state index contributed by atoms with van der Waals surface area (Å²) in [5.41, 5.74) is 2.77. The Balaban J connectivity index is 1.83. The number of pyridine rings is 1. The maximum atomic E-state index is 11.2. The quantitative estimate of drug-likeness (QED) is 0.327. The number of hydrogen-bond acceptors (Lipinski definition) is 5. The number of anilines is 1. The summed E-state index contributed by atoms with van der Waals surface area (Å²) in [4.78, 5) is 15.9. The third-order valence-corrected chi connectivity index (χ3v) is 4.77. The average Bonchev–Trinajstić information content (AvgIpc) is 2.68. The number of unbranched alkanes of at least 4 members (excludes halogenated alkanes) is 2. The molecule has 0 fully saturated rings. The highest BCUT2D eigenvalue weighted by Crippen LogP contribution is 2.34. The smallest absolute Gasteiger partial charge is 0.305 e. The second-order valence-electron chi connectivity index (χ2n) is 6.34. The number of nitrogens with zero attached hydrogens (tertiary/aromatic N) is 1. The van der Waals surface area contributed by atoms with Crippen LogP contribution in [0.1, 0.15) is 25.7 Å². The third-order valence-electron chi connectivity index (χ3n) is 4.53. The van der Waals surface area contributed by atoms with E-state index >= 15 is 0 Å². The van der Waals surface area contributed by atoms with Crippen LogP contribution >= 0.6 is 11.6 Å². The van der Waals surface area contributed by atoms with Gasteiger partial charge in [0.1, 0.15) is 5.75 Å². The first-order valence-electron chi connectivity index (χ1n) is 9.00. The Morgan fingerprint density at radius 3 is 2.67 bits per heavy atom. The van der Waals surface area contributed by atoms with Gasteiger partial charge in [-0.15, -0.1) is 0 Å². The van der Waals surface area contributed by atoms with Crippen molar-refractivity contribution < 1.29 is 14.3 Å². The maximum Gasteiger partial charge on any atom is 0.305 e. The van der Waals surface area contributed by atoms with Gasteiger partial charge in [0.2, 0.25) is 0 Å². The van der Waals surface area contributed by atoms with E-state index in [0.29, 0.717) is 11.4 Å². The lowest BCUT2D eigenvalue weighted by atomic mass is 10.1. The minimum Gasteiger partial charge on any atom is -0.497 e. The molecule has 1 heterocycles. The Morgan fingerprint density at radius 2 is 1.89 bits per heavy atom. The molecular formula is C21H23ClN2O3. The molecule has 0 spiro atoms. The SMILES string of the molecule is COC(=O)CCCCCNc1c2ccc(Cl)cc2nc2ccc(OC)cc12. The van der Waals surface area contributed by atoms with Gasteiger partial charge < -0.3 is 14.8 Å². The van der Waals surface area contributed by atoms with Gasteiger partial charge in [-0.3, -0.25) is 4.79 Å². The zero-order valence-electron chi connectivity index (χ0n) is 15.5. The van der Waals surface area contributed by atoms with Crippen molar-refractivity contribution in [1.82, 2.24) is 4.98 Å². The molecule has 0 saturated heterocycles. The topological polar surface area (TPSA) is 60.5 Å². The normalized spacial score (nSPS) is 10.9. The van der Waals surface area contributed by atoms with E-state index in [0.717, 1.165) is 59.0 Å². The molecular weight excluding hydrogens is 364 g/mol. The molecule has 0 bridgehead atoms. The van der Waals surface area contributed by atoms with E-state index in [-0.39, 0.29) is 5.97 Å². The fourth-order valence-corrected chi connectivity index (χ4v) is 3.27. The lowest BCUT2D eigenvalue weighted by molar-refractivity contribution is -0.140. The molecule has 1 aromatic heterocycles. The molecule has 0 unspecified atom stereocenters. The van der Waals surface area contributed by atoms with E-state index in [2.05, 4.69) is 10.1 Å². The molecule has 0 saturated carbocycles. The number of hydrogen-bond donors (Lipinski definition) is 1. The second kappa shape index (κ2) is 8.91. The molecule has 5 nitrogen and oxygen atoms in total. The van der Waals surface area contributed by atoms with Gasteiger partial charge in [-0.1, -0.05) is 18.0 Å². The summed E-state index contributed by atoms with van der Waals surface area (Å²) in [5.74, 6) is 0.636. The van der Waals surface area contributed by atoms with Crippen molar-refractivity contribution in [2.45, 2.75) is 25.7 Å². The van der Waals surface area contributed by atoms with E-state index in [1.165, 1.54) is 7.11 Å². The number of aromatic nitrogens is 1. The minimum atomic E-state index is -0.155. The fourth-order valence-electron chi connectivity index (χ4n) is 3.10. The van der Waals surface area contributed by atoms with Crippen molar-refractivity contribution >= 4 is 45.1 Å². The van der Waals surface area contributed by atoms with Crippen LogP contribution in [-0.2, 0) is 9.53 Å². The number of methoxy groups -OCH3 is 2. The van der Waals surface area contributed by atoms with E-state index in [1.807, 2.05) is 36.4 Å². The number of esters is 1. The van der Waals surface area contributed by atoms with Crippen molar-refractivity contribution in [2.24, 2.45) is 0 Å². The molecule has 0 amide bonds. The van der Waals surface area contributed by atoms with Gasteiger partial charge in [0.15, 0.2) is 0 Å². The Bertz CT molecular complexity index is 959. The molecule has 27 heavy (non-hydrogen) atoms. The zero-order chi connectivity index (χ0) is 19.2. The maximum absolute atomic E-state index is 11.2. The molecule has 142 valence electrons. The summed E-state index contributed by atoms with van der Waals surface area (Å²) >= 11 is 6.15.